The number of carbonyl (C=O) groups is 1. The summed E-state index contributed by atoms with van der Waals surface area (Å²) >= 11 is 1.59. The van der Waals surface area contributed by atoms with E-state index in [9.17, 15) is 4.79 Å². The van der Waals surface area contributed by atoms with Gasteiger partial charge in [-0.3, -0.25) is 4.79 Å². The Kier molecular flexibility index (Phi) is 3.69. The Labute approximate surface area is 122 Å². The van der Waals surface area contributed by atoms with Crippen LogP contribution in [0.2, 0.25) is 0 Å². The molecular formula is C15H17N3OS. The highest BCUT2D eigenvalue weighted by molar-refractivity contribution is 7.09. The van der Waals surface area contributed by atoms with Gasteiger partial charge in [0.05, 0.1) is 12.5 Å². The van der Waals surface area contributed by atoms with E-state index in [1.165, 1.54) is 0 Å². The number of hydrogen-bond acceptors (Lipinski definition) is 4. The fourth-order valence-electron chi connectivity index (χ4n) is 2.51. The number of fused-ring (bicyclic) bond motifs is 1. The average molecular weight is 287 g/mol. The summed E-state index contributed by atoms with van der Waals surface area (Å²) in [7, 11) is 0. The van der Waals surface area contributed by atoms with Crippen molar-refractivity contribution in [2.75, 3.05) is 11.9 Å². The molecule has 1 unspecified atom stereocenters. The molecule has 5 heteroatoms. The van der Waals surface area contributed by atoms with Gasteiger partial charge in [-0.2, -0.15) is 0 Å². The zero-order valence-corrected chi connectivity index (χ0v) is 12.2. The zero-order chi connectivity index (χ0) is 13.9. The molecule has 1 aliphatic heterocycles. The van der Waals surface area contributed by atoms with Crippen LogP contribution in [-0.4, -0.2) is 17.4 Å². The third kappa shape index (κ3) is 2.67. The number of carbonyl (C=O) groups excluding carboxylic acids is 1. The molecule has 4 nitrogen and oxygen atoms in total. The third-order valence-electron chi connectivity index (χ3n) is 3.48. The van der Waals surface area contributed by atoms with Crippen LogP contribution in [-0.2, 0) is 11.3 Å². The van der Waals surface area contributed by atoms with Crippen LogP contribution < -0.4 is 10.6 Å². The number of aryl methyl sites for hydroxylation is 1. The van der Waals surface area contributed by atoms with Crippen LogP contribution in [0.1, 0.15) is 28.6 Å². The van der Waals surface area contributed by atoms with Gasteiger partial charge in [-0.25, -0.2) is 4.98 Å². The Morgan fingerprint density at radius 2 is 2.35 bits per heavy atom. The molecule has 0 saturated carbocycles. The van der Waals surface area contributed by atoms with Crippen molar-refractivity contribution in [2.45, 2.75) is 25.8 Å². The minimum Gasteiger partial charge on any atom is -0.385 e. The van der Waals surface area contributed by atoms with Gasteiger partial charge in [-0.15, -0.1) is 11.3 Å². The van der Waals surface area contributed by atoms with Crippen molar-refractivity contribution >= 4 is 22.9 Å². The summed E-state index contributed by atoms with van der Waals surface area (Å²) in [6.45, 7) is 3.32. The van der Waals surface area contributed by atoms with Gasteiger partial charge in [0.25, 0.3) is 0 Å². The minimum atomic E-state index is -0.0616. The molecule has 0 aliphatic carbocycles. The first kappa shape index (κ1) is 13.1. The number of amides is 1. The number of hydrogen-bond donors (Lipinski definition) is 2. The number of rotatable bonds is 3. The molecule has 1 aromatic heterocycles. The molecule has 2 N–H and O–H groups in total. The molecule has 0 radical (unpaired) electrons. The van der Waals surface area contributed by atoms with Gasteiger partial charge in [0.15, 0.2) is 0 Å². The van der Waals surface area contributed by atoms with Crippen LogP contribution in [0.3, 0.4) is 0 Å². The van der Waals surface area contributed by atoms with Crippen LogP contribution >= 0.6 is 11.3 Å². The van der Waals surface area contributed by atoms with Crippen molar-refractivity contribution in [3.05, 3.63) is 45.9 Å². The van der Waals surface area contributed by atoms with Crippen molar-refractivity contribution in [2.24, 2.45) is 0 Å². The molecule has 104 valence electrons. The maximum atomic E-state index is 12.4. The van der Waals surface area contributed by atoms with Gasteiger partial charge < -0.3 is 10.6 Å². The fourth-order valence-corrected chi connectivity index (χ4v) is 3.22. The molecule has 0 spiro atoms. The van der Waals surface area contributed by atoms with Crippen molar-refractivity contribution < 1.29 is 4.79 Å². The van der Waals surface area contributed by atoms with Gasteiger partial charge >= 0.3 is 0 Å². The summed E-state index contributed by atoms with van der Waals surface area (Å²) in [5.74, 6) is 0.0281. The molecule has 2 heterocycles. The number of benzene rings is 1. The molecule has 1 atom stereocenters. The van der Waals surface area contributed by atoms with E-state index in [4.69, 9.17) is 0 Å². The molecule has 0 fully saturated rings. The summed E-state index contributed by atoms with van der Waals surface area (Å²) in [5.41, 5.74) is 3.17. The van der Waals surface area contributed by atoms with Crippen molar-refractivity contribution in [3.8, 4) is 0 Å². The van der Waals surface area contributed by atoms with E-state index >= 15 is 0 Å². The molecule has 20 heavy (non-hydrogen) atoms. The van der Waals surface area contributed by atoms with E-state index in [0.29, 0.717) is 6.54 Å². The Bertz CT molecular complexity index is 623. The molecule has 1 aliphatic rings. The highest BCUT2D eigenvalue weighted by atomic mass is 32.1. The zero-order valence-electron chi connectivity index (χ0n) is 11.3. The lowest BCUT2D eigenvalue weighted by atomic mass is 9.90. The predicted molar refractivity (Wildman–Crippen MR) is 81.0 cm³/mol. The highest BCUT2D eigenvalue weighted by Gasteiger charge is 2.25. The predicted octanol–water partition coefficient (Wildman–Crippen LogP) is 2.67. The quantitative estimate of drug-likeness (QED) is 0.912. The maximum Gasteiger partial charge on any atom is 0.228 e. The van der Waals surface area contributed by atoms with Crippen molar-refractivity contribution in [3.63, 3.8) is 0 Å². The monoisotopic (exact) mass is 287 g/mol. The Balaban J connectivity index is 1.69. The second-order valence-electron chi connectivity index (χ2n) is 4.96. The van der Waals surface area contributed by atoms with Crippen LogP contribution in [0.5, 0.6) is 0 Å². The van der Waals surface area contributed by atoms with Crippen LogP contribution in [0.4, 0.5) is 5.69 Å². The lowest BCUT2D eigenvalue weighted by molar-refractivity contribution is -0.122. The van der Waals surface area contributed by atoms with Crippen LogP contribution in [0.15, 0.2) is 29.6 Å². The molecule has 1 amide bonds. The Morgan fingerprint density at radius 1 is 1.50 bits per heavy atom. The second kappa shape index (κ2) is 5.63. The largest absolute Gasteiger partial charge is 0.385 e. The standard InChI is InChI=1S/C15H17N3OS/c1-10-9-20-14(18-10)8-17-15(19)12-6-7-16-13-5-3-2-4-11(12)13/h2-5,9,12,16H,6-8H2,1H3,(H,17,19). The summed E-state index contributed by atoms with van der Waals surface area (Å²) in [5, 5.41) is 9.30. The lowest BCUT2D eigenvalue weighted by Crippen LogP contribution is -2.32. The van der Waals surface area contributed by atoms with Gasteiger partial charge in [-0.05, 0) is 25.0 Å². The number of nitrogens with zero attached hydrogens (tertiary/aromatic N) is 1. The first-order valence-electron chi connectivity index (χ1n) is 6.75. The number of para-hydroxylation sites is 1. The van der Waals surface area contributed by atoms with Crippen molar-refractivity contribution in [1.29, 1.82) is 0 Å². The lowest BCUT2D eigenvalue weighted by Gasteiger charge is -2.25. The number of aromatic nitrogens is 1. The molecule has 0 saturated heterocycles. The summed E-state index contributed by atoms with van der Waals surface area (Å²) < 4.78 is 0. The van der Waals surface area contributed by atoms with Gasteiger partial charge in [0.2, 0.25) is 5.91 Å². The van der Waals surface area contributed by atoms with E-state index in [0.717, 1.165) is 34.9 Å². The van der Waals surface area contributed by atoms with E-state index in [-0.39, 0.29) is 11.8 Å². The van der Waals surface area contributed by atoms with Crippen LogP contribution in [0.25, 0.3) is 0 Å². The van der Waals surface area contributed by atoms with Gasteiger partial charge in [0, 0.05) is 23.3 Å². The average Bonchev–Trinajstić information content (AvgIpc) is 2.90. The second-order valence-corrected chi connectivity index (χ2v) is 5.90. The van der Waals surface area contributed by atoms with E-state index in [1.54, 1.807) is 11.3 Å². The SMILES string of the molecule is Cc1csc(CNC(=O)C2CCNc3ccccc32)n1. The Hall–Kier alpha value is -1.88. The first-order valence-corrected chi connectivity index (χ1v) is 7.63. The molecule has 0 bridgehead atoms. The molecule has 1 aromatic carbocycles. The molecule has 3 rings (SSSR count). The highest BCUT2D eigenvalue weighted by Crippen LogP contribution is 2.31. The summed E-state index contributed by atoms with van der Waals surface area (Å²) in [6.07, 6.45) is 0.833. The van der Waals surface area contributed by atoms with Gasteiger partial charge in [-0.1, -0.05) is 18.2 Å². The first-order chi connectivity index (χ1) is 9.74. The number of nitrogens with one attached hydrogen (secondary N) is 2. The van der Waals surface area contributed by atoms with Gasteiger partial charge in [0.1, 0.15) is 5.01 Å². The van der Waals surface area contributed by atoms with E-state index in [2.05, 4.69) is 15.6 Å². The van der Waals surface area contributed by atoms with E-state index < -0.39 is 0 Å². The third-order valence-corrected chi connectivity index (χ3v) is 4.45. The van der Waals surface area contributed by atoms with Crippen LogP contribution in [0, 0.1) is 6.92 Å². The summed E-state index contributed by atoms with van der Waals surface area (Å²) in [6, 6.07) is 8.03. The van der Waals surface area contributed by atoms with E-state index in [1.807, 2.05) is 36.6 Å². The maximum absolute atomic E-state index is 12.4. The summed E-state index contributed by atoms with van der Waals surface area (Å²) in [4.78, 5) is 16.7. The Morgan fingerprint density at radius 3 is 3.15 bits per heavy atom. The fraction of sp³-hybridized carbons (Fsp3) is 0.333. The smallest absolute Gasteiger partial charge is 0.228 e. The number of anilines is 1. The topological polar surface area (TPSA) is 54.0 Å². The molecular weight excluding hydrogens is 270 g/mol. The normalized spacial score (nSPS) is 17.1. The number of thiazole rings is 1. The van der Waals surface area contributed by atoms with Crippen molar-refractivity contribution in [1.82, 2.24) is 10.3 Å². The molecule has 2 aromatic rings. The minimum absolute atomic E-state index is 0.0616.